The highest BCUT2D eigenvalue weighted by Gasteiger charge is 2.10. The summed E-state index contributed by atoms with van der Waals surface area (Å²) in [7, 11) is 0. The Bertz CT molecular complexity index is 511. The zero-order valence-corrected chi connectivity index (χ0v) is 9.12. The van der Waals surface area contributed by atoms with Crippen LogP contribution < -0.4 is 5.32 Å². The summed E-state index contributed by atoms with van der Waals surface area (Å²) < 4.78 is 0. The summed E-state index contributed by atoms with van der Waals surface area (Å²) in [6.45, 7) is 1.88. The van der Waals surface area contributed by atoms with Gasteiger partial charge >= 0.3 is 0 Å². The molecule has 0 aliphatic carbocycles. The molecular formula is C9H8ClN5O. The Labute approximate surface area is 96.0 Å². The minimum Gasteiger partial charge on any atom is -0.319 e. The molecule has 82 valence electrons. The lowest BCUT2D eigenvalue weighted by Crippen LogP contribution is -2.13. The number of hydrogen-bond acceptors (Lipinski definition) is 4. The van der Waals surface area contributed by atoms with Gasteiger partial charge in [0.05, 0.1) is 0 Å². The number of nitrogens with zero attached hydrogens (tertiary/aromatic N) is 3. The van der Waals surface area contributed by atoms with E-state index in [2.05, 4.69) is 25.9 Å². The van der Waals surface area contributed by atoms with Crippen LogP contribution in [0.4, 0.5) is 5.69 Å². The predicted octanol–water partition coefficient (Wildman–Crippen LogP) is 1.41. The van der Waals surface area contributed by atoms with E-state index in [1.807, 2.05) is 13.0 Å². The van der Waals surface area contributed by atoms with Crippen LogP contribution in [-0.4, -0.2) is 26.5 Å². The van der Waals surface area contributed by atoms with Gasteiger partial charge in [-0.2, -0.15) is 5.21 Å². The fourth-order valence-electron chi connectivity index (χ4n) is 1.12. The first-order valence-electron chi connectivity index (χ1n) is 4.48. The van der Waals surface area contributed by atoms with Gasteiger partial charge in [0.1, 0.15) is 0 Å². The number of aromatic amines is 1. The second-order valence-electron chi connectivity index (χ2n) is 3.15. The van der Waals surface area contributed by atoms with Crippen molar-refractivity contribution in [2.24, 2.45) is 0 Å². The SMILES string of the molecule is Cc1ccc(NC(=O)c2nn[nH]n2)cc1Cl. The third-order valence-corrected chi connectivity index (χ3v) is 2.39. The standard InChI is InChI=1S/C9H8ClN5O/c1-5-2-3-6(4-7(5)10)11-9(16)8-12-14-15-13-8/h2-4H,1H3,(H,11,16)(H,12,13,14,15). The van der Waals surface area contributed by atoms with Crippen LogP contribution in [0.3, 0.4) is 0 Å². The maximum atomic E-state index is 11.5. The number of aromatic nitrogens is 4. The van der Waals surface area contributed by atoms with Crippen LogP contribution in [0, 0.1) is 6.92 Å². The molecule has 0 aliphatic heterocycles. The molecule has 2 N–H and O–H groups in total. The number of amides is 1. The summed E-state index contributed by atoms with van der Waals surface area (Å²) in [6.07, 6.45) is 0. The minimum atomic E-state index is -0.436. The molecule has 1 amide bonds. The van der Waals surface area contributed by atoms with Crippen molar-refractivity contribution < 1.29 is 4.79 Å². The average Bonchev–Trinajstić information content (AvgIpc) is 2.77. The summed E-state index contributed by atoms with van der Waals surface area (Å²) in [5, 5.41) is 15.8. The fourth-order valence-corrected chi connectivity index (χ4v) is 1.30. The molecule has 16 heavy (non-hydrogen) atoms. The van der Waals surface area contributed by atoms with E-state index in [-0.39, 0.29) is 5.82 Å². The molecule has 1 aromatic heterocycles. The van der Waals surface area contributed by atoms with E-state index in [1.54, 1.807) is 12.1 Å². The van der Waals surface area contributed by atoms with Crippen LogP contribution >= 0.6 is 11.6 Å². The van der Waals surface area contributed by atoms with Crippen molar-refractivity contribution in [2.45, 2.75) is 6.92 Å². The van der Waals surface area contributed by atoms with Crippen LogP contribution in [0.5, 0.6) is 0 Å². The monoisotopic (exact) mass is 237 g/mol. The van der Waals surface area contributed by atoms with Gasteiger partial charge in [-0.25, -0.2) is 0 Å². The second-order valence-corrected chi connectivity index (χ2v) is 3.56. The van der Waals surface area contributed by atoms with Crippen molar-refractivity contribution >= 4 is 23.2 Å². The third kappa shape index (κ3) is 2.17. The molecule has 7 heteroatoms. The number of hydrogen-bond donors (Lipinski definition) is 2. The molecule has 0 atom stereocenters. The molecule has 0 saturated carbocycles. The number of tetrazole rings is 1. The highest BCUT2D eigenvalue weighted by molar-refractivity contribution is 6.31. The summed E-state index contributed by atoms with van der Waals surface area (Å²) in [6, 6.07) is 5.22. The number of aryl methyl sites for hydroxylation is 1. The lowest BCUT2D eigenvalue weighted by molar-refractivity contribution is 0.101. The summed E-state index contributed by atoms with van der Waals surface area (Å²) in [5.41, 5.74) is 1.53. The van der Waals surface area contributed by atoms with Gasteiger partial charge in [-0.15, -0.1) is 10.2 Å². The third-order valence-electron chi connectivity index (χ3n) is 1.98. The van der Waals surface area contributed by atoms with Crippen LogP contribution in [-0.2, 0) is 0 Å². The van der Waals surface area contributed by atoms with Gasteiger partial charge in [-0.3, -0.25) is 4.79 Å². The van der Waals surface area contributed by atoms with E-state index in [0.29, 0.717) is 10.7 Å². The van der Waals surface area contributed by atoms with E-state index in [9.17, 15) is 4.79 Å². The minimum absolute atomic E-state index is 0.0169. The Morgan fingerprint density at radius 3 is 2.94 bits per heavy atom. The molecule has 0 fully saturated rings. The molecule has 0 saturated heterocycles. The average molecular weight is 238 g/mol. The molecule has 0 spiro atoms. The number of rotatable bonds is 2. The maximum Gasteiger partial charge on any atom is 0.297 e. The summed E-state index contributed by atoms with van der Waals surface area (Å²) >= 11 is 5.92. The molecule has 0 unspecified atom stereocenters. The normalized spacial score (nSPS) is 10.1. The number of benzene rings is 1. The van der Waals surface area contributed by atoms with Crippen molar-refractivity contribution in [3.8, 4) is 0 Å². The molecule has 0 bridgehead atoms. The number of anilines is 1. The first-order valence-corrected chi connectivity index (χ1v) is 4.85. The van der Waals surface area contributed by atoms with Crippen molar-refractivity contribution in [3.63, 3.8) is 0 Å². The van der Waals surface area contributed by atoms with Gasteiger partial charge < -0.3 is 5.32 Å². The van der Waals surface area contributed by atoms with E-state index in [4.69, 9.17) is 11.6 Å². The zero-order valence-electron chi connectivity index (χ0n) is 8.36. The lowest BCUT2D eigenvalue weighted by atomic mass is 10.2. The first-order chi connectivity index (χ1) is 7.66. The molecule has 2 rings (SSSR count). The van der Waals surface area contributed by atoms with E-state index in [1.165, 1.54) is 0 Å². The van der Waals surface area contributed by atoms with Crippen molar-refractivity contribution in [1.29, 1.82) is 0 Å². The largest absolute Gasteiger partial charge is 0.319 e. The Morgan fingerprint density at radius 2 is 2.31 bits per heavy atom. The number of halogens is 1. The Hall–Kier alpha value is -1.95. The van der Waals surface area contributed by atoms with Gasteiger partial charge in [-0.1, -0.05) is 17.7 Å². The van der Waals surface area contributed by atoms with Crippen molar-refractivity contribution in [2.75, 3.05) is 5.32 Å². The predicted molar refractivity (Wildman–Crippen MR) is 58.3 cm³/mol. The second kappa shape index (κ2) is 4.28. The molecule has 6 nitrogen and oxygen atoms in total. The smallest absolute Gasteiger partial charge is 0.297 e. The topological polar surface area (TPSA) is 83.6 Å². The molecule has 2 aromatic rings. The first kappa shape index (κ1) is 10.6. The Morgan fingerprint density at radius 1 is 1.50 bits per heavy atom. The summed E-state index contributed by atoms with van der Waals surface area (Å²) in [5.74, 6) is -0.453. The highest BCUT2D eigenvalue weighted by Crippen LogP contribution is 2.20. The van der Waals surface area contributed by atoms with E-state index >= 15 is 0 Å². The Kier molecular flexibility index (Phi) is 2.82. The molecule has 1 aromatic carbocycles. The lowest BCUT2D eigenvalue weighted by Gasteiger charge is -2.04. The Balaban J connectivity index is 2.15. The van der Waals surface area contributed by atoms with Crippen molar-refractivity contribution in [3.05, 3.63) is 34.6 Å². The number of carbonyl (C=O) groups excluding carboxylic acids is 1. The van der Waals surface area contributed by atoms with Crippen LogP contribution in [0.1, 0.15) is 16.2 Å². The van der Waals surface area contributed by atoms with Gasteiger partial charge in [0.15, 0.2) is 0 Å². The summed E-state index contributed by atoms with van der Waals surface area (Å²) in [4.78, 5) is 11.5. The van der Waals surface area contributed by atoms with Gasteiger partial charge in [0, 0.05) is 10.7 Å². The van der Waals surface area contributed by atoms with E-state index < -0.39 is 5.91 Å². The van der Waals surface area contributed by atoms with Crippen LogP contribution in [0.25, 0.3) is 0 Å². The van der Waals surface area contributed by atoms with Gasteiger partial charge in [-0.05, 0) is 29.8 Å². The molecule has 0 radical (unpaired) electrons. The van der Waals surface area contributed by atoms with Crippen LogP contribution in [0.2, 0.25) is 5.02 Å². The zero-order chi connectivity index (χ0) is 11.5. The fraction of sp³-hybridized carbons (Fsp3) is 0.111. The van der Waals surface area contributed by atoms with Gasteiger partial charge in [0.2, 0.25) is 0 Å². The van der Waals surface area contributed by atoms with E-state index in [0.717, 1.165) is 5.56 Å². The molecular weight excluding hydrogens is 230 g/mol. The highest BCUT2D eigenvalue weighted by atomic mass is 35.5. The van der Waals surface area contributed by atoms with Gasteiger partial charge in [0.25, 0.3) is 11.7 Å². The maximum absolute atomic E-state index is 11.5. The van der Waals surface area contributed by atoms with Crippen molar-refractivity contribution in [1.82, 2.24) is 20.6 Å². The number of H-pyrrole nitrogens is 1. The quantitative estimate of drug-likeness (QED) is 0.827. The number of carbonyl (C=O) groups is 1. The van der Waals surface area contributed by atoms with Crippen LogP contribution in [0.15, 0.2) is 18.2 Å². The number of nitrogens with one attached hydrogen (secondary N) is 2. The molecule has 0 aliphatic rings. The molecule has 1 heterocycles.